The van der Waals surface area contributed by atoms with Gasteiger partial charge in [-0.2, -0.15) is 0 Å². The summed E-state index contributed by atoms with van der Waals surface area (Å²) in [6.45, 7) is 3.67. The number of rotatable bonds is 4. The first-order valence-electron chi connectivity index (χ1n) is 7.71. The molecule has 0 radical (unpaired) electrons. The molecule has 23 heavy (non-hydrogen) atoms. The Hall–Kier alpha value is -1.33. The quantitative estimate of drug-likeness (QED) is 0.659. The maximum absolute atomic E-state index is 12.2. The van der Waals surface area contributed by atoms with Crippen LogP contribution in [0, 0.1) is 5.92 Å². The molecule has 0 saturated heterocycles. The van der Waals surface area contributed by atoms with Crippen LogP contribution < -0.4 is 5.32 Å². The minimum atomic E-state index is -0.883. The molecule has 0 bridgehead atoms. The third-order valence-electron chi connectivity index (χ3n) is 4.12. The Labute approximate surface area is 145 Å². The summed E-state index contributed by atoms with van der Waals surface area (Å²) in [6.07, 6.45) is 4.76. The van der Waals surface area contributed by atoms with Gasteiger partial charge in [-0.3, -0.25) is 4.79 Å². The van der Waals surface area contributed by atoms with Crippen LogP contribution in [0.4, 0.5) is 0 Å². The Morgan fingerprint density at radius 1 is 1.35 bits per heavy atom. The summed E-state index contributed by atoms with van der Waals surface area (Å²) >= 11 is 11.5. The van der Waals surface area contributed by atoms with Gasteiger partial charge in [0, 0.05) is 12.2 Å². The number of aromatic nitrogens is 1. The first kappa shape index (κ1) is 18.0. The van der Waals surface area contributed by atoms with Crippen LogP contribution >= 0.6 is 23.2 Å². The minimum absolute atomic E-state index is 0.111. The Morgan fingerprint density at radius 3 is 2.70 bits per heavy atom. The molecular formula is C16H20Cl2N2O3. The van der Waals surface area contributed by atoms with Crippen LogP contribution in [0.3, 0.4) is 0 Å². The molecule has 7 heteroatoms. The topological polar surface area (TPSA) is 68.3 Å². The van der Waals surface area contributed by atoms with Gasteiger partial charge in [-0.15, -0.1) is 0 Å². The molecule has 2 rings (SSSR count). The number of halogens is 2. The van der Waals surface area contributed by atoms with Crippen molar-refractivity contribution in [3.63, 3.8) is 0 Å². The van der Waals surface area contributed by atoms with Crippen molar-refractivity contribution >= 4 is 35.1 Å². The molecule has 1 aromatic rings. The maximum atomic E-state index is 12.2. The predicted octanol–water partition coefficient (Wildman–Crippen LogP) is 3.63. The molecule has 1 heterocycles. The Bertz CT molecular complexity index is 595. The zero-order chi connectivity index (χ0) is 17.0. The van der Waals surface area contributed by atoms with Gasteiger partial charge in [0.15, 0.2) is 6.10 Å². The summed E-state index contributed by atoms with van der Waals surface area (Å²) in [7, 11) is 0. The van der Waals surface area contributed by atoms with E-state index in [9.17, 15) is 9.59 Å². The van der Waals surface area contributed by atoms with E-state index in [1.807, 2.05) is 0 Å². The lowest BCUT2D eigenvalue weighted by atomic mass is 9.86. The van der Waals surface area contributed by atoms with Gasteiger partial charge < -0.3 is 10.1 Å². The zero-order valence-corrected chi connectivity index (χ0v) is 14.7. The molecular weight excluding hydrogens is 339 g/mol. The van der Waals surface area contributed by atoms with Gasteiger partial charge in [-0.25, -0.2) is 9.78 Å². The fourth-order valence-corrected chi connectivity index (χ4v) is 2.92. The van der Waals surface area contributed by atoms with E-state index in [0.717, 1.165) is 19.3 Å². The van der Waals surface area contributed by atoms with E-state index in [-0.39, 0.29) is 27.7 Å². The van der Waals surface area contributed by atoms with Crippen molar-refractivity contribution in [3.05, 3.63) is 28.0 Å². The summed E-state index contributed by atoms with van der Waals surface area (Å²) in [5.41, 5.74) is 0.157. The summed E-state index contributed by atoms with van der Waals surface area (Å²) in [6, 6.07) is 1.51. The van der Waals surface area contributed by atoms with Crippen molar-refractivity contribution in [2.24, 2.45) is 5.92 Å². The number of carbonyl (C=O) groups excluding carboxylic acids is 2. The molecule has 1 saturated carbocycles. The lowest BCUT2D eigenvalue weighted by molar-refractivity contribution is -0.130. The number of esters is 1. The second kappa shape index (κ2) is 7.97. The average Bonchev–Trinajstić information content (AvgIpc) is 2.52. The number of amides is 1. The smallest absolute Gasteiger partial charge is 0.340 e. The van der Waals surface area contributed by atoms with Crippen molar-refractivity contribution in [2.75, 3.05) is 0 Å². The highest BCUT2D eigenvalue weighted by Crippen LogP contribution is 2.24. The van der Waals surface area contributed by atoms with Gasteiger partial charge in [-0.1, -0.05) is 43.0 Å². The molecule has 1 fully saturated rings. The van der Waals surface area contributed by atoms with Crippen LogP contribution in [-0.4, -0.2) is 29.0 Å². The standard InChI is InChI=1S/C16H20Cl2N2O3/c1-9-5-3-4-6-13(9)20-15(21)10(2)23-16(22)11-7-12(17)14(18)19-8-11/h7-10,13H,3-6H2,1-2H3,(H,20,21)/t9-,10-,13+/m1/s1. The fourth-order valence-electron chi connectivity index (χ4n) is 2.65. The van der Waals surface area contributed by atoms with Crippen molar-refractivity contribution in [1.29, 1.82) is 0 Å². The Balaban J connectivity index is 1.92. The minimum Gasteiger partial charge on any atom is -0.449 e. The second-order valence-corrected chi connectivity index (χ2v) is 6.69. The van der Waals surface area contributed by atoms with Crippen molar-refractivity contribution in [1.82, 2.24) is 10.3 Å². The molecule has 1 amide bonds. The van der Waals surface area contributed by atoms with E-state index in [4.69, 9.17) is 27.9 Å². The number of nitrogens with zero attached hydrogens (tertiary/aromatic N) is 1. The fraction of sp³-hybridized carbons (Fsp3) is 0.562. The van der Waals surface area contributed by atoms with Crippen molar-refractivity contribution in [3.8, 4) is 0 Å². The van der Waals surface area contributed by atoms with Gasteiger partial charge in [0.05, 0.1) is 10.6 Å². The van der Waals surface area contributed by atoms with E-state index in [2.05, 4.69) is 17.2 Å². The van der Waals surface area contributed by atoms with E-state index in [1.54, 1.807) is 6.92 Å². The van der Waals surface area contributed by atoms with Crippen LogP contribution in [0.5, 0.6) is 0 Å². The normalized spacial score (nSPS) is 22.3. The Kier molecular flexibility index (Phi) is 6.25. The van der Waals surface area contributed by atoms with Crippen molar-refractivity contribution in [2.45, 2.75) is 51.7 Å². The number of ether oxygens (including phenoxy) is 1. The van der Waals surface area contributed by atoms with Gasteiger partial charge in [-0.05, 0) is 31.7 Å². The number of hydrogen-bond acceptors (Lipinski definition) is 4. The monoisotopic (exact) mass is 358 g/mol. The second-order valence-electron chi connectivity index (χ2n) is 5.92. The van der Waals surface area contributed by atoms with Crippen LogP contribution in [-0.2, 0) is 9.53 Å². The molecule has 1 aliphatic rings. The molecule has 1 aromatic heterocycles. The summed E-state index contributed by atoms with van der Waals surface area (Å²) < 4.78 is 5.18. The number of carbonyl (C=O) groups is 2. The summed E-state index contributed by atoms with van der Waals surface area (Å²) in [5, 5.41) is 3.24. The first-order chi connectivity index (χ1) is 10.9. The highest BCUT2D eigenvalue weighted by molar-refractivity contribution is 6.41. The van der Waals surface area contributed by atoms with E-state index >= 15 is 0 Å². The molecule has 3 atom stereocenters. The first-order valence-corrected chi connectivity index (χ1v) is 8.46. The largest absolute Gasteiger partial charge is 0.449 e. The van der Waals surface area contributed by atoms with E-state index in [1.165, 1.54) is 18.7 Å². The highest BCUT2D eigenvalue weighted by Gasteiger charge is 2.26. The van der Waals surface area contributed by atoms with Crippen LogP contribution in [0.1, 0.15) is 49.9 Å². The molecule has 0 spiro atoms. The summed E-state index contributed by atoms with van der Waals surface area (Å²) in [5.74, 6) is -0.504. The Morgan fingerprint density at radius 2 is 2.04 bits per heavy atom. The molecule has 1 N–H and O–H groups in total. The van der Waals surface area contributed by atoms with Gasteiger partial charge in [0.2, 0.25) is 0 Å². The predicted molar refractivity (Wildman–Crippen MR) is 88.7 cm³/mol. The van der Waals surface area contributed by atoms with Gasteiger partial charge >= 0.3 is 5.97 Å². The average molecular weight is 359 g/mol. The number of hydrogen-bond donors (Lipinski definition) is 1. The molecule has 5 nitrogen and oxygen atoms in total. The highest BCUT2D eigenvalue weighted by atomic mass is 35.5. The zero-order valence-electron chi connectivity index (χ0n) is 13.1. The molecule has 0 aliphatic heterocycles. The maximum Gasteiger partial charge on any atom is 0.340 e. The molecule has 126 valence electrons. The summed E-state index contributed by atoms with van der Waals surface area (Å²) in [4.78, 5) is 28.0. The van der Waals surface area contributed by atoms with Gasteiger partial charge in [0.25, 0.3) is 5.91 Å². The van der Waals surface area contributed by atoms with E-state index < -0.39 is 12.1 Å². The lowest BCUT2D eigenvalue weighted by Crippen LogP contribution is -2.46. The molecule has 0 unspecified atom stereocenters. The lowest BCUT2D eigenvalue weighted by Gasteiger charge is -2.30. The van der Waals surface area contributed by atoms with E-state index in [0.29, 0.717) is 5.92 Å². The number of nitrogens with one attached hydrogen (secondary N) is 1. The van der Waals surface area contributed by atoms with Crippen LogP contribution in [0.2, 0.25) is 10.2 Å². The van der Waals surface area contributed by atoms with Crippen LogP contribution in [0.25, 0.3) is 0 Å². The SMILES string of the molecule is C[C@@H]1CCCC[C@@H]1NC(=O)[C@@H](C)OC(=O)c1cnc(Cl)c(Cl)c1. The van der Waals surface area contributed by atoms with Crippen LogP contribution in [0.15, 0.2) is 12.3 Å². The van der Waals surface area contributed by atoms with Gasteiger partial charge in [0.1, 0.15) is 5.15 Å². The third-order valence-corrected chi connectivity index (χ3v) is 4.81. The molecule has 1 aliphatic carbocycles. The third kappa shape index (κ3) is 4.82. The number of pyridine rings is 1. The molecule has 0 aromatic carbocycles. The van der Waals surface area contributed by atoms with Crippen molar-refractivity contribution < 1.29 is 14.3 Å².